The number of benzene rings is 1. The number of carbonyl (C=O) groups excluding carboxylic acids is 1. The zero-order valence-corrected chi connectivity index (χ0v) is 23.9. The molecule has 3 fully saturated rings. The maximum absolute atomic E-state index is 13.7. The molecule has 9 heteroatoms. The maximum Gasteiger partial charge on any atom is 0.243 e. The molecule has 0 spiro atoms. The van der Waals surface area contributed by atoms with Crippen molar-refractivity contribution in [3.05, 3.63) is 47.3 Å². The standard InChI is InChI=1S/C28H39N5O2S2/c1-17-7-9-19(10-8-17)24-21(6-5-13-37-24)29-26(35)23-14-20(34)15-32(23)27(36)25(28(2,3)4)33-16-22(30-31-33)18-11-12-18/h7-10,16,18,20-21,23-25,34H,5-6,11-15H2,1-4H3,(H,29,35)/t20-,21-,23+,24+,25-/m1/s1. The molecule has 1 amide bonds. The maximum atomic E-state index is 13.7. The fraction of sp³-hybridized carbons (Fsp3) is 0.643. The number of aryl methyl sites for hydroxylation is 1. The first kappa shape index (κ1) is 26.6. The van der Waals surface area contributed by atoms with Gasteiger partial charge in [0.1, 0.15) is 17.1 Å². The van der Waals surface area contributed by atoms with E-state index in [9.17, 15) is 9.90 Å². The number of aliphatic hydroxyl groups is 1. The molecule has 5 rings (SSSR count). The lowest BCUT2D eigenvalue weighted by atomic mass is 9.86. The zero-order chi connectivity index (χ0) is 26.3. The Morgan fingerprint density at radius 3 is 2.62 bits per heavy atom. The normalized spacial score (nSPS) is 27.2. The Kier molecular flexibility index (Phi) is 7.67. The lowest BCUT2D eigenvalue weighted by Gasteiger charge is -2.38. The lowest BCUT2D eigenvalue weighted by Crippen LogP contribution is -2.52. The number of hydrogen-bond acceptors (Lipinski definition) is 6. The number of nitrogens with zero attached hydrogens (tertiary/aromatic N) is 4. The van der Waals surface area contributed by atoms with Crippen LogP contribution in [0.25, 0.3) is 0 Å². The summed E-state index contributed by atoms with van der Waals surface area (Å²) < 4.78 is 1.88. The molecule has 1 aromatic carbocycles. The van der Waals surface area contributed by atoms with Crippen LogP contribution < -0.4 is 5.32 Å². The number of nitrogens with one attached hydrogen (secondary N) is 1. The van der Waals surface area contributed by atoms with Gasteiger partial charge in [-0.25, -0.2) is 4.68 Å². The highest BCUT2D eigenvalue weighted by atomic mass is 32.2. The highest BCUT2D eigenvalue weighted by molar-refractivity contribution is 7.99. The average Bonchev–Trinajstić information content (AvgIpc) is 3.46. The van der Waals surface area contributed by atoms with E-state index in [1.807, 2.05) is 27.5 Å². The van der Waals surface area contributed by atoms with Crippen molar-refractivity contribution in [3.63, 3.8) is 0 Å². The summed E-state index contributed by atoms with van der Waals surface area (Å²) in [6.45, 7) is 8.85. The molecular formula is C28H39N5O2S2. The molecule has 2 aromatic rings. The minimum absolute atomic E-state index is 0.0477. The van der Waals surface area contributed by atoms with E-state index in [-0.39, 0.29) is 28.7 Å². The number of thioether (sulfide) groups is 1. The summed E-state index contributed by atoms with van der Waals surface area (Å²) in [5, 5.41) is 23.1. The topological polar surface area (TPSA) is 83.3 Å². The largest absolute Gasteiger partial charge is 0.391 e. The Balaban J connectivity index is 1.34. The van der Waals surface area contributed by atoms with E-state index < -0.39 is 12.1 Å². The summed E-state index contributed by atoms with van der Waals surface area (Å²) in [6.07, 6.45) is 6.15. The summed E-state index contributed by atoms with van der Waals surface area (Å²) in [7, 11) is 0. The van der Waals surface area contributed by atoms with Crippen LogP contribution >= 0.6 is 24.0 Å². The highest BCUT2D eigenvalue weighted by Crippen LogP contribution is 2.41. The second-order valence-corrected chi connectivity index (χ2v) is 13.7. The zero-order valence-electron chi connectivity index (χ0n) is 22.3. The van der Waals surface area contributed by atoms with Crippen molar-refractivity contribution < 1.29 is 9.90 Å². The third kappa shape index (κ3) is 5.88. The van der Waals surface area contributed by atoms with E-state index in [1.54, 1.807) is 0 Å². The van der Waals surface area contributed by atoms with Crippen molar-refractivity contribution in [2.45, 2.75) is 95.2 Å². The first-order valence-corrected chi connectivity index (χ1v) is 15.0. The predicted molar refractivity (Wildman–Crippen MR) is 152 cm³/mol. The van der Waals surface area contributed by atoms with Gasteiger partial charge >= 0.3 is 0 Å². The van der Waals surface area contributed by atoms with Gasteiger partial charge in [0, 0.05) is 36.4 Å². The Bertz CT molecular complexity index is 1120. The van der Waals surface area contributed by atoms with Crippen molar-refractivity contribution in [3.8, 4) is 0 Å². The third-order valence-electron chi connectivity index (χ3n) is 7.76. The van der Waals surface area contributed by atoms with Gasteiger partial charge in [-0.05, 0) is 49.3 Å². The summed E-state index contributed by atoms with van der Waals surface area (Å²) in [5.41, 5.74) is 3.27. The minimum Gasteiger partial charge on any atom is -0.391 e. The molecule has 1 aliphatic carbocycles. The van der Waals surface area contributed by atoms with Crippen molar-refractivity contribution in [1.82, 2.24) is 25.2 Å². The Morgan fingerprint density at radius 2 is 1.95 bits per heavy atom. The van der Waals surface area contributed by atoms with E-state index in [2.05, 4.69) is 67.6 Å². The Hall–Kier alpha value is -1.97. The molecule has 0 unspecified atom stereocenters. The molecule has 5 atom stereocenters. The second-order valence-electron chi connectivity index (χ2n) is 12.0. The van der Waals surface area contributed by atoms with E-state index in [1.165, 1.54) is 11.1 Å². The van der Waals surface area contributed by atoms with Gasteiger partial charge in [0.15, 0.2) is 0 Å². The lowest BCUT2D eigenvalue weighted by molar-refractivity contribution is -0.125. The van der Waals surface area contributed by atoms with Crippen LogP contribution in [-0.2, 0) is 4.79 Å². The van der Waals surface area contributed by atoms with Crippen LogP contribution in [-0.4, -0.2) is 66.4 Å². The van der Waals surface area contributed by atoms with Gasteiger partial charge in [0.05, 0.1) is 11.8 Å². The molecule has 2 aliphatic heterocycles. The van der Waals surface area contributed by atoms with Gasteiger partial charge in [-0.15, -0.1) is 5.10 Å². The highest BCUT2D eigenvalue weighted by Gasteiger charge is 2.44. The number of likely N-dealkylation sites (tertiary alicyclic amines) is 1. The van der Waals surface area contributed by atoms with Crippen LogP contribution in [0.1, 0.15) is 86.9 Å². The molecule has 1 aromatic heterocycles. The number of β-amino-alcohol motifs (C(OH)–C–C–N with tert-alkyl or cyclic N) is 1. The first-order valence-electron chi connectivity index (χ1n) is 13.5. The molecule has 0 bridgehead atoms. The molecule has 2 N–H and O–H groups in total. The van der Waals surface area contributed by atoms with Gasteiger partial charge in [-0.2, -0.15) is 11.8 Å². The van der Waals surface area contributed by atoms with E-state index in [0.717, 1.165) is 37.1 Å². The van der Waals surface area contributed by atoms with Gasteiger partial charge in [0.2, 0.25) is 5.91 Å². The Labute approximate surface area is 229 Å². The second kappa shape index (κ2) is 10.7. The first-order chi connectivity index (χ1) is 17.6. The van der Waals surface area contributed by atoms with Crippen LogP contribution in [0.15, 0.2) is 30.5 Å². The van der Waals surface area contributed by atoms with Gasteiger partial charge < -0.3 is 15.3 Å². The van der Waals surface area contributed by atoms with Crippen LogP contribution in [0.5, 0.6) is 0 Å². The van der Waals surface area contributed by atoms with Crippen molar-refractivity contribution in [2.75, 3.05) is 12.3 Å². The average molecular weight is 542 g/mol. The number of hydrogen-bond donors (Lipinski definition) is 2. The van der Waals surface area contributed by atoms with Crippen LogP contribution in [0.3, 0.4) is 0 Å². The van der Waals surface area contributed by atoms with Crippen LogP contribution in [0.2, 0.25) is 0 Å². The van der Waals surface area contributed by atoms with Gasteiger partial charge in [0.25, 0.3) is 0 Å². The number of aliphatic hydroxyl groups excluding tert-OH is 1. The molecule has 1 saturated carbocycles. The predicted octanol–water partition coefficient (Wildman–Crippen LogP) is 4.57. The number of carbonyl (C=O) groups is 1. The minimum atomic E-state index is -0.597. The van der Waals surface area contributed by atoms with Crippen LogP contribution in [0, 0.1) is 12.3 Å². The molecule has 37 heavy (non-hydrogen) atoms. The number of rotatable bonds is 6. The van der Waals surface area contributed by atoms with Crippen molar-refractivity contribution >= 4 is 34.9 Å². The molecule has 3 heterocycles. The summed E-state index contributed by atoms with van der Waals surface area (Å²) in [6, 6.07) is 7.96. The number of thiocarbonyl (C=S) groups is 1. The SMILES string of the molecule is Cc1ccc([C@@H]2SCCC[C@H]2NC(=O)[C@@H]2C[C@@H](O)CN2C(=S)[C@@H](n2cc(C3CC3)nn2)C(C)(C)C)cc1. The van der Waals surface area contributed by atoms with Gasteiger partial charge in [-0.3, -0.25) is 4.79 Å². The number of aromatic nitrogens is 3. The number of amides is 1. The van der Waals surface area contributed by atoms with Gasteiger partial charge in [-0.1, -0.05) is 68.0 Å². The van der Waals surface area contributed by atoms with E-state index in [0.29, 0.717) is 23.9 Å². The molecular weight excluding hydrogens is 502 g/mol. The molecule has 200 valence electrons. The molecule has 2 saturated heterocycles. The smallest absolute Gasteiger partial charge is 0.243 e. The Morgan fingerprint density at radius 1 is 1.22 bits per heavy atom. The third-order valence-corrected chi connectivity index (χ3v) is 9.70. The van der Waals surface area contributed by atoms with E-state index >= 15 is 0 Å². The fourth-order valence-electron chi connectivity index (χ4n) is 5.62. The summed E-state index contributed by atoms with van der Waals surface area (Å²) >= 11 is 7.98. The fourth-order valence-corrected chi connectivity index (χ4v) is 7.66. The quantitative estimate of drug-likeness (QED) is 0.519. The monoisotopic (exact) mass is 541 g/mol. The molecule has 3 aliphatic rings. The van der Waals surface area contributed by atoms with Crippen molar-refractivity contribution in [2.24, 2.45) is 5.41 Å². The van der Waals surface area contributed by atoms with Crippen molar-refractivity contribution in [1.29, 1.82) is 0 Å². The summed E-state index contributed by atoms with van der Waals surface area (Å²) in [5.74, 6) is 1.55. The van der Waals surface area contributed by atoms with Crippen LogP contribution in [0.4, 0.5) is 0 Å². The summed E-state index contributed by atoms with van der Waals surface area (Å²) in [4.78, 5) is 16.3. The molecule has 0 radical (unpaired) electrons. The van der Waals surface area contributed by atoms with E-state index in [4.69, 9.17) is 12.2 Å². The molecule has 7 nitrogen and oxygen atoms in total.